The quantitative estimate of drug-likeness (QED) is 0.856. The minimum Gasteiger partial charge on any atom is -0.497 e. The third-order valence-corrected chi connectivity index (χ3v) is 3.98. The summed E-state index contributed by atoms with van der Waals surface area (Å²) in [5, 5.41) is 3.62. The summed E-state index contributed by atoms with van der Waals surface area (Å²) in [6.45, 7) is 6.42. The lowest BCUT2D eigenvalue weighted by Gasteiger charge is -2.23. The second-order valence-electron chi connectivity index (χ2n) is 5.63. The summed E-state index contributed by atoms with van der Waals surface area (Å²) >= 11 is 0. The van der Waals surface area contributed by atoms with Crippen LogP contribution in [0.2, 0.25) is 0 Å². The van der Waals surface area contributed by atoms with Crippen molar-refractivity contribution in [1.82, 2.24) is 5.32 Å². The fraction of sp³-hybridized carbons (Fsp3) is 0.368. The van der Waals surface area contributed by atoms with E-state index in [1.807, 2.05) is 18.2 Å². The van der Waals surface area contributed by atoms with Crippen molar-refractivity contribution in [2.45, 2.75) is 32.9 Å². The van der Waals surface area contributed by atoms with Gasteiger partial charge in [-0.3, -0.25) is 0 Å². The van der Waals surface area contributed by atoms with Gasteiger partial charge in [-0.05, 0) is 44.5 Å². The van der Waals surface area contributed by atoms with Gasteiger partial charge in [0.2, 0.25) is 0 Å². The lowest BCUT2D eigenvalue weighted by molar-refractivity contribution is 0.387. The van der Waals surface area contributed by atoms with E-state index in [0.29, 0.717) is 0 Å². The molecule has 0 aliphatic heterocycles. The summed E-state index contributed by atoms with van der Waals surface area (Å²) in [6.07, 6.45) is 0. The zero-order valence-corrected chi connectivity index (χ0v) is 14.0. The third kappa shape index (κ3) is 3.80. The van der Waals surface area contributed by atoms with Gasteiger partial charge in [0.05, 0.1) is 14.2 Å². The van der Waals surface area contributed by atoms with E-state index in [4.69, 9.17) is 9.47 Å². The normalized spacial score (nSPS) is 13.5. The second-order valence-corrected chi connectivity index (χ2v) is 5.63. The topological polar surface area (TPSA) is 30.5 Å². The van der Waals surface area contributed by atoms with Crippen LogP contribution in [0.4, 0.5) is 0 Å². The zero-order valence-electron chi connectivity index (χ0n) is 14.0. The van der Waals surface area contributed by atoms with E-state index < -0.39 is 0 Å². The average Bonchev–Trinajstić information content (AvgIpc) is 2.54. The fourth-order valence-corrected chi connectivity index (χ4v) is 2.59. The van der Waals surface area contributed by atoms with Crippen LogP contribution in [-0.4, -0.2) is 14.2 Å². The molecule has 3 heteroatoms. The van der Waals surface area contributed by atoms with Crippen LogP contribution in [0.15, 0.2) is 42.5 Å². The van der Waals surface area contributed by atoms with Gasteiger partial charge >= 0.3 is 0 Å². The molecule has 2 rings (SSSR count). The monoisotopic (exact) mass is 299 g/mol. The Bertz CT molecular complexity index is 607. The van der Waals surface area contributed by atoms with Crippen molar-refractivity contribution in [3.8, 4) is 11.5 Å². The second kappa shape index (κ2) is 7.32. The SMILES string of the molecule is COc1ccc(OC)c([C@@H](C)N[C@H](C)c2ccc(C)cc2)c1. The van der Waals surface area contributed by atoms with Gasteiger partial charge in [0, 0.05) is 17.6 Å². The molecule has 0 aromatic heterocycles. The molecule has 0 heterocycles. The summed E-state index contributed by atoms with van der Waals surface area (Å²) in [7, 11) is 3.38. The van der Waals surface area contributed by atoms with Crippen LogP contribution < -0.4 is 14.8 Å². The van der Waals surface area contributed by atoms with Crippen molar-refractivity contribution in [2.24, 2.45) is 0 Å². The van der Waals surface area contributed by atoms with Crippen LogP contribution in [0, 0.1) is 6.92 Å². The van der Waals surface area contributed by atoms with Crippen LogP contribution in [-0.2, 0) is 0 Å². The molecule has 0 bridgehead atoms. The molecule has 0 aliphatic rings. The lowest BCUT2D eigenvalue weighted by atomic mass is 10.0. The zero-order chi connectivity index (χ0) is 16.1. The first-order chi connectivity index (χ1) is 10.5. The minimum absolute atomic E-state index is 0.154. The molecule has 118 valence electrons. The van der Waals surface area contributed by atoms with Crippen LogP contribution in [0.1, 0.15) is 42.6 Å². The maximum atomic E-state index is 5.47. The molecule has 22 heavy (non-hydrogen) atoms. The van der Waals surface area contributed by atoms with Crippen molar-refractivity contribution in [1.29, 1.82) is 0 Å². The predicted octanol–water partition coefficient (Wildman–Crippen LogP) is 4.42. The molecule has 1 N–H and O–H groups in total. The molecule has 3 nitrogen and oxygen atoms in total. The Morgan fingerprint density at radius 2 is 1.55 bits per heavy atom. The number of hydrogen-bond donors (Lipinski definition) is 1. The van der Waals surface area contributed by atoms with Gasteiger partial charge in [-0.2, -0.15) is 0 Å². The lowest BCUT2D eigenvalue weighted by Crippen LogP contribution is -2.23. The highest BCUT2D eigenvalue weighted by Gasteiger charge is 2.15. The maximum absolute atomic E-state index is 5.47. The first kappa shape index (κ1) is 16.4. The number of hydrogen-bond acceptors (Lipinski definition) is 3. The fourth-order valence-electron chi connectivity index (χ4n) is 2.59. The minimum atomic E-state index is 0.154. The highest BCUT2D eigenvalue weighted by molar-refractivity contribution is 5.42. The van der Waals surface area contributed by atoms with Gasteiger partial charge in [-0.25, -0.2) is 0 Å². The summed E-state index contributed by atoms with van der Waals surface area (Å²) in [5.74, 6) is 1.71. The van der Waals surface area contributed by atoms with Crippen molar-refractivity contribution >= 4 is 0 Å². The molecule has 2 aromatic carbocycles. The van der Waals surface area contributed by atoms with Crippen molar-refractivity contribution in [2.75, 3.05) is 14.2 Å². The van der Waals surface area contributed by atoms with Gasteiger partial charge in [0.15, 0.2) is 0 Å². The first-order valence-corrected chi connectivity index (χ1v) is 7.59. The Morgan fingerprint density at radius 1 is 0.864 bits per heavy atom. The van der Waals surface area contributed by atoms with E-state index in [1.165, 1.54) is 11.1 Å². The summed E-state index contributed by atoms with van der Waals surface area (Å²) in [5.41, 5.74) is 3.65. The molecule has 0 amide bonds. The van der Waals surface area contributed by atoms with Crippen LogP contribution in [0.3, 0.4) is 0 Å². The molecule has 0 unspecified atom stereocenters. The first-order valence-electron chi connectivity index (χ1n) is 7.59. The Hall–Kier alpha value is -2.00. The Kier molecular flexibility index (Phi) is 5.45. The molecule has 0 aliphatic carbocycles. The molecule has 0 fully saturated rings. The van der Waals surface area contributed by atoms with Gasteiger partial charge in [0.25, 0.3) is 0 Å². The molecule has 0 spiro atoms. The number of rotatable bonds is 6. The van der Waals surface area contributed by atoms with Gasteiger partial charge in [-0.1, -0.05) is 29.8 Å². The summed E-state index contributed by atoms with van der Waals surface area (Å²) < 4.78 is 10.8. The van der Waals surface area contributed by atoms with Crippen molar-refractivity contribution in [3.63, 3.8) is 0 Å². The molecule has 0 radical (unpaired) electrons. The van der Waals surface area contributed by atoms with Crippen LogP contribution in [0.5, 0.6) is 11.5 Å². The highest BCUT2D eigenvalue weighted by atomic mass is 16.5. The molecular formula is C19H25NO2. The van der Waals surface area contributed by atoms with E-state index in [2.05, 4.69) is 50.4 Å². The number of benzene rings is 2. The maximum Gasteiger partial charge on any atom is 0.123 e. The van der Waals surface area contributed by atoms with Crippen molar-refractivity contribution < 1.29 is 9.47 Å². The Balaban J connectivity index is 2.17. The smallest absolute Gasteiger partial charge is 0.123 e. The van der Waals surface area contributed by atoms with E-state index in [0.717, 1.165) is 17.1 Å². The Morgan fingerprint density at radius 3 is 2.14 bits per heavy atom. The highest BCUT2D eigenvalue weighted by Crippen LogP contribution is 2.30. The van der Waals surface area contributed by atoms with E-state index in [-0.39, 0.29) is 12.1 Å². The molecule has 2 aromatic rings. The van der Waals surface area contributed by atoms with Crippen LogP contribution in [0.25, 0.3) is 0 Å². The Labute approximate surface area is 133 Å². The van der Waals surface area contributed by atoms with Gasteiger partial charge in [-0.15, -0.1) is 0 Å². The number of nitrogens with one attached hydrogen (secondary N) is 1. The molecular weight excluding hydrogens is 274 g/mol. The van der Waals surface area contributed by atoms with E-state index in [9.17, 15) is 0 Å². The standard InChI is InChI=1S/C19H25NO2/c1-13-6-8-16(9-7-13)14(2)20-15(3)18-12-17(21-4)10-11-19(18)22-5/h6-12,14-15,20H,1-5H3/t14-,15-/m1/s1. The largest absolute Gasteiger partial charge is 0.497 e. The number of ether oxygens (including phenoxy) is 2. The van der Waals surface area contributed by atoms with Crippen molar-refractivity contribution in [3.05, 3.63) is 59.2 Å². The van der Waals surface area contributed by atoms with E-state index >= 15 is 0 Å². The predicted molar refractivity (Wildman–Crippen MR) is 90.7 cm³/mol. The average molecular weight is 299 g/mol. The molecule has 0 saturated carbocycles. The van der Waals surface area contributed by atoms with Gasteiger partial charge in [0.1, 0.15) is 11.5 Å². The molecule has 2 atom stereocenters. The summed E-state index contributed by atoms with van der Waals surface area (Å²) in [4.78, 5) is 0. The van der Waals surface area contributed by atoms with Gasteiger partial charge < -0.3 is 14.8 Å². The number of aryl methyl sites for hydroxylation is 1. The molecule has 0 saturated heterocycles. The third-order valence-electron chi connectivity index (χ3n) is 3.98. The van der Waals surface area contributed by atoms with E-state index in [1.54, 1.807) is 14.2 Å². The summed E-state index contributed by atoms with van der Waals surface area (Å²) in [6, 6.07) is 14.9. The van der Waals surface area contributed by atoms with Crippen LogP contribution >= 0.6 is 0 Å². The number of methoxy groups -OCH3 is 2.